The van der Waals surface area contributed by atoms with Gasteiger partial charge in [0.05, 0.1) is 12.2 Å². The van der Waals surface area contributed by atoms with Crippen LogP contribution in [0.5, 0.6) is 0 Å². The number of hydrogen-bond acceptors (Lipinski definition) is 3. The summed E-state index contributed by atoms with van der Waals surface area (Å²) in [7, 11) is 0. The van der Waals surface area contributed by atoms with Crippen molar-refractivity contribution >= 4 is 5.91 Å². The van der Waals surface area contributed by atoms with Gasteiger partial charge in [0.15, 0.2) is 0 Å². The lowest BCUT2D eigenvalue weighted by molar-refractivity contribution is 0.0900. The van der Waals surface area contributed by atoms with Crippen LogP contribution >= 0.6 is 0 Å². The maximum Gasteiger partial charge on any atom is 0.269 e. The molecule has 2 N–H and O–H groups in total. The summed E-state index contributed by atoms with van der Waals surface area (Å²) < 4.78 is 41.5. The minimum Gasteiger partial charge on any atom is -0.347 e. The monoisotopic (exact) mass is 372 g/mol. The van der Waals surface area contributed by atoms with Crippen molar-refractivity contribution < 1.29 is 18.0 Å². The molecule has 4 rings (SSSR count). The zero-order chi connectivity index (χ0) is 19.0. The molecule has 0 radical (unpaired) electrons. The Morgan fingerprint density at radius 3 is 2.56 bits per heavy atom. The standard InChI is InChI=1S/C19H15F3N4O/c20-13-4-1-11(2-5-13)16-8-17-19(27)24-10-18(26(17)25-16)23-9-12-3-6-14(21)7-15(12)22/h1-8,18,23H,9-10H2,(H,24,27). The Labute approximate surface area is 152 Å². The number of carbonyl (C=O) groups excluding carboxylic acids is 1. The van der Waals surface area contributed by atoms with Crippen LogP contribution in [0.4, 0.5) is 13.2 Å². The van der Waals surface area contributed by atoms with Gasteiger partial charge in [-0.3, -0.25) is 10.1 Å². The van der Waals surface area contributed by atoms with Gasteiger partial charge < -0.3 is 5.32 Å². The topological polar surface area (TPSA) is 59.0 Å². The van der Waals surface area contributed by atoms with Gasteiger partial charge in [-0.25, -0.2) is 17.9 Å². The van der Waals surface area contributed by atoms with E-state index in [1.165, 1.54) is 28.9 Å². The van der Waals surface area contributed by atoms with Crippen LogP contribution in [0, 0.1) is 17.5 Å². The van der Waals surface area contributed by atoms with Gasteiger partial charge in [0.1, 0.15) is 29.3 Å². The zero-order valence-corrected chi connectivity index (χ0v) is 14.0. The first kappa shape index (κ1) is 17.3. The second-order valence-electron chi connectivity index (χ2n) is 6.21. The number of aromatic nitrogens is 2. The molecule has 5 nitrogen and oxygen atoms in total. The van der Waals surface area contributed by atoms with E-state index in [0.29, 0.717) is 22.5 Å². The largest absolute Gasteiger partial charge is 0.347 e. The number of carbonyl (C=O) groups is 1. The van der Waals surface area contributed by atoms with E-state index >= 15 is 0 Å². The highest BCUT2D eigenvalue weighted by Gasteiger charge is 2.27. The van der Waals surface area contributed by atoms with Gasteiger partial charge in [-0.1, -0.05) is 6.07 Å². The van der Waals surface area contributed by atoms with Gasteiger partial charge in [0.2, 0.25) is 0 Å². The average Bonchev–Trinajstić information content (AvgIpc) is 3.09. The fourth-order valence-electron chi connectivity index (χ4n) is 2.98. The van der Waals surface area contributed by atoms with Gasteiger partial charge in [-0.2, -0.15) is 5.10 Å². The van der Waals surface area contributed by atoms with E-state index < -0.39 is 17.8 Å². The number of halogens is 3. The van der Waals surface area contributed by atoms with E-state index in [1.54, 1.807) is 18.2 Å². The van der Waals surface area contributed by atoms with Crippen LogP contribution in [-0.4, -0.2) is 22.2 Å². The molecule has 1 atom stereocenters. The average molecular weight is 372 g/mol. The summed E-state index contributed by atoms with van der Waals surface area (Å²) in [6.45, 7) is 0.400. The molecule has 2 heterocycles. The number of benzene rings is 2. The highest BCUT2D eigenvalue weighted by atomic mass is 19.1. The Morgan fingerprint density at radius 1 is 1.07 bits per heavy atom. The van der Waals surface area contributed by atoms with E-state index in [-0.39, 0.29) is 24.8 Å². The summed E-state index contributed by atoms with van der Waals surface area (Å²) in [6.07, 6.45) is -0.406. The predicted octanol–water partition coefficient (Wildman–Crippen LogP) is 3.00. The molecule has 0 saturated carbocycles. The third kappa shape index (κ3) is 3.43. The predicted molar refractivity (Wildman–Crippen MR) is 92.2 cm³/mol. The van der Waals surface area contributed by atoms with E-state index in [0.717, 1.165) is 6.07 Å². The molecule has 138 valence electrons. The van der Waals surface area contributed by atoms with Gasteiger partial charge in [0, 0.05) is 23.7 Å². The Kier molecular flexibility index (Phi) is 4.41. The number of amides is 1. The maximum absolute atomic E-state index is 13.8. The lowest BCUT2D eigenvalue weighted by Crippen LogP contribution is -2.45. The third-order valence-corrected chi connectivity index (χ3v) is 4.40. The molecule has 1 aliphatic rings. The number of nitrogens with zero attached hydrogens (tertiary/aromatic N) is 2. The smallest absolute Gasteiger partial charge is 0.269 e. The SMILES string of the molecule is O=C1NCC(NCc2ccc(F)cc2F)n2nc(-c3ccc(F)cc3)cc21. The fraction of sp³-hybridized carbons (Fsp3) is 0.158. The summed E-state index contributed by atoms with van der Waals surface area (Å²) in [6, 6.07) is 10.8. The molecule has 1 unspecified atom stereocenters. The lowest BCUT2D eigenvalue weighted by Gasteiger charge is -2.25. The molecule has 1 aromatic heterocycles. The molecule has 0 saturated heterocycles. The van der Waals surface area contributed by atoms with E-state index in [1.807, 2.05) is 0 Å². The molecule has 0 spiro atoms. The number of rotatable bonds is 4. The fourth-order valence-corrected chi connectivity index (χ4v) is 2.98. The van der Waals surface area contributed by atoms with Crippen molar-refractivity contribution in [2.45, 2.75) is 12.7 Å². The Bertz CT molecular complexity index is 1000. The van der Waals surface area contributed by atoms with Crippen LogP contribution in [0.25, 0.3) is 11.3 Å². The van der Waals surface area contributed by atoms with Crippen LogP contribution in [0.3, 0.4) is 0 Å². The van der Waals surface area contributed by atoms with Crippen molar-refractivity contribution in [1.29, 1.82) is 0 Å². The second-order valence-corrected chi connectivity index (χ2v) is 6.21. The van der Waals surface area contributed by atoms with Crippen LogP contribution in [0.2, 0.25) is 0 Å². The second kappa shape index (κ2) is 6.88. The van der Waals surface area contributed by atoms with Gasteiger partial charge >= 0.3 is 0 Å². The minimum absolute atomic E-state index is 0.137. The Balaban J connectivity index is 1.59. The van der Waals surface area contributed by atoms with E-state index in [9.17, 15) is 18.0 Å². The van der Waals surface area contributed by atoms with Crippen LogP contribution < -0.4 is 10.6 Å². The normalized spacial score (nSPS) is 16.1. The highest BCUT2D eigenvalue weighted by Crippen LogP contribution is 2.23. The number of fused-ring (bicyclic) bond motifs is 1. The molecule has 1 aliphatic heterocycles. The molecule has 3 aromatic rings. The van der Waals surface area contributed by atoms with E-state index in [2.05, 4.69) is 15.7 Å². The van der Waals surface area contributed by atoms with Crippen molar-refractivity contribution in [2.75, 3.05) is 6.54 Å². The molecule has 2 aromatic carbocycles. The lowest BCUT2D eigenvalue weighted by atomic mass is 10.1. The van der Waals surface area contributed by atoms with Crippen molar-refractivity contribution in [2.24, 2.45) is 0 Å². The van der Waals surface area contributed by atoms with Crippen molar-refractivity contribution in [1.82, 2.24) is 20.4 Å². The van der Waals surface area contributed by atoms with Crippen LogP contribution in [0.15, 0.2) is 48.5 Å². The number of hydrogen-bond donors (Lipinski definition) is 2. The summed E-state index contributed by atoms with van der Waals surface area (Å²) in [4.78, 5) is 12.1. The van der Waals surface area contributed by atoms with Crippen molar-refractivity contribution in [3.63, 3.8) is 0 Å². The van der Waals surface area contributed by atoms with Gasteiger partial charge in [-0.15, -0.1) is 0 Å². The first-order chi connectivity index (χ1) is 13.0. The Morgan fingerprint density at radius 2 is 1.81 bits per heavy atom. The zero-order valence-electron chi connectivity index (χ0n) is 14.0. The molecular weight excluding hydrogens is 357 g/mol. The van der Waals surface area contributed by atoms with Crippen molar-refractivity contribution in [3.05, 3.63) is 77.2 Å². The third-order valence-electron chi connectivity index (χ3n) is 4.40. The number of nitrogens with one attached hydrogen (secondary N) is 2. The summed E-state index contributed by atoms with van der Waals surface area (Å²) in [5.41, 5.74) is 1.86. The molecule has 8 heteroatoms. The van der Waals surface area contributed by atoms with Crippen LogP contribution in [-0.2, 0) is 6.54 Å². The van der Waals surface area contributed by atoms with E-state index in [4.69, 9.17) is 0 Å². The molecule has 0 aliphatic carbocycles. The molecule has 27 heavy (non-hydrogen) atoms. The quantitative estimate of drug-likeness (QED) is 0.740. The summed E-state index contributed by atoms with van der Waals surface area (Å²) >= 11 is 0. The molecule has 0 bridgehead atoms. The molecule has 0 fully saturated rings. The first-order valence-corrected chi connectivity index (χ1v) is 8.32. The summed E-state index contributed by atoms with van der Waals surface area (Å²) in [5.74, 6) is -1.92. The van der Waals surface area contributed by atoms with Gasteiger partial charge in [0.25, 0.3) is 5.91 Å². The van der Waals surface area contributed by atoms with Crippen molar-refractivity contribution in [3.8, 4) is 11.3 Å². The summed E-state index contributed by atoms with van der Waals surface area (Å²) in [5, 5.41) is 10.3. The Hall–Kier alpha value is -3.13. The highest BCUT2D eigenvalue weighted by molar-refractivity contribution is 5.94. The first-order valence-electron chi connectivity index (χ1n) is 8.32. The van der Waals surface area contributed by atoms with Crippen LogP contribution in [0.1, 0.15) is 22.2 Å². The molecular formula is C19H15F3N4O. The van der Waals surface area contributed by atoms with Gasteiger partial charge in [-0.05, 0) is 36.4 Å². The molecule has 1 amide bonds. The maximum atomic E-state index is 13.8. The minimum atomic E-state index is -0.643.